The summed E-state index contributed by atoms with van der Waals surface area (Å²) in [5.41, 5.74) is 1.37. The van der Waals surface area contributed by atoms with Crippen LogP contribution in [0.1, 0.15) is 27.8 Å². The molecular formula is C25H19ClN2O6. The summed E-state index contributed by atoms with van der Waals surface area (Å²) in [5.74, 6) is -0.172. The molecule has 4 aromatic rings. The van der Waals surface area contributed by atoms with Gasteiger partial charge in [-0.15, -0.1) is 0 Å². The van der Waals surface area contributed by atoms with Crippen molar-refractivity contribution in [1.82, 2.24) is 0 Å². The Labute approximate surface area is 199 Å². The average Bonchev–Trinajstić information content (AvgIpc) is 3.35. The van der Waals surface area contributed by atoms with Crippen molar-refractivity contribution in [2.75, 3.05) is 12.4 Å². The summed E-state index contributed by atoms with van der Waals surface area (Å²) in [7, 11) is 1.41. The van der Waals surface area contributed by atoms with E-state index in [0.29, 0.717) is 27.6 Å². The highest BCUT2D eigenvalue weighted by atomic mass is 35.5. The lowest BCUT2D eigenvalue weighted by Gasteiger charge is -2.17. The molecule has 2 N–H and O–H groups in total. The highest BCUT2D eigenvalue weighted by Crippen LogP contribution is 2.35. The van der Waals surface area contributed by atoms with E-state index in [2.05, 4.69) is 5.32 Å². The molecule has 34 heavy (non-hydrogen) atoms. The number of amides is 1. The molecule has 1 heterocycles. The number of halogens is 1. The molecule has 0 spiro atoms. The Morgan fingerprint density at radius 1 is 1.09 bits per heavy atom. The van der Waals surface area contributed by atoms with Crippen molar-refractivity contribution in [2.24, 2.45) is 0 Å². The molecule has 172 valence electrons. The van der Waals surface area contributed by atoms with Crippen molar-refractivity contribution in [2.45, 2.75) is 6.10 Å². The number of ether oxygens (including phenoxy) is 1. The normalized spacial score (nSPS) is 11.6. The van der Waals surface area contributed by atoms with Gasteiger partial charge in [-0.2, -0.15) is 0 Å². The topological polar surface area (TPSA) is 115 Å². The van der Waals surface area contributed by atoms with Gasteiger partial charge in [0.05, 0.1) is 23.7 Å². The molecule has 0 aliphatic rings. The first kappa shape index (κ1) is 23.0. The van der Waals surface area contributed by atoms with E-state index in [0.717, 1.165) is 0 Å². The van der Waals surface area contributed by atoms with Gasteiger partial charge in [0.25, 0.3) is 11.6 Å². The van der Waals surface area contributed by atoms with Crippen LogP contribution in [0.5, 0.6) is 5.75 Å². The van der Waals surface area contributed by atoms with Gasteiger partial charge >= 0.3 is 0 Å². The third-order valence-electron chi connectivity index (χ3n) is 5.17. The third kappa shape index (κ3) is 4.78. The molecule has 0 saturated heterocycles. The number of nitrogens with zero attached hydrogens (tertiary/aromatic N) is 1. The number of aliphatic hydroxyl groups is 1. The lowest BCUT2D eigenvalue weighted by Crippen LogP contribution is -2.14. The van der Waals surface area contributed by atoms with Crippen LogP contribution in [0.25, 0.3) is 11.3 Å². The highest BCUT2D eigenvalue weighted by molar-refractivity contribution is 6.30. The Hall–Kier alpha value is -4.14. The highest BCUT2D eigenvalue weighted by Gasteiger charge is 2.22. The monoisotopic (exact) mass is 478 g/mol. The number of hydrogen-bond donors (Lipinski definition) is 2. The number of aliphatic hydroxyl groups excluding tert-OH is 1. The summed E-state index contributed by atoms with van der Waals surface area (Å²) in [4.78, 5) is 23.8. The zero-order valence-electron chi connectivity index (χ0n) is 17.9. The van der Waals surface area contributed by atoms with E-state index >= 15 is 0 Å². The van der Waals surface area contributed by atoms with Crippen molar-refractivity contribution in [3.05, 3.63) is 111 Å². The lowest BCUT2D eigenvalue weighted by atomic mass is 10.00. The summed E-state index contributed by atoms with van der Waals surface area (Å²) in [5, 5.41) is 25.5. The van der Waals surface area contributed by atoms with Crippen LogP contribution < -0.4 is 10.1 Å². The van der Waals surface area contributed by atoms with Crippen molar-refractivity contribution >= 4 is 28.9 Å². The molecule has 8 nitrogen and oxygen atoms in total. The number of anilines is 1. The van der Waals surface area contributed by atoms with E-state index in [9.17, 15) is 20.0 Å². The Morgan fingerprint density at radius 2 is 1.85 bits per heavy atom. The van der Waals surface area contributed by atoms with Crippen molar-refractivity contribution in [1.29, 1.82) is 0 Å². The van der Waals surface area contributed by atoms with Gasteiger partial charge in [-0.1, -0.05) is 41.9 Å². The number of carbonyl (C=O) groups excluding carboxylic acids is 1. The molecule has 0 fully saturated rings. The number of benzene rings is 3. The summed E-state index contributed by atoms with van der Waals surface area (Å²) in [6.07, 6.45) is -1.02. The standard InChI is InChI=1S/C25H19ClN2O6/c1-33-17-8-9-18(21(14-17)28(31)32)22-11-12-23(34-22)25(30)27-20-10-7-16(26)13-19(20)24(29)15-5-3-2-4-6-15/h2-14,24,29H,1H3,(H,27,30)/t24-/m0/s1. The fourth-order valence-corrected chi connectivity index (χ4v) is 3.66. The lowest BCUT2D eigenvalue weighted by molar-refractivity contribution is -0.384. The molecule has 4 rings (SSSR count). The summed E-state index contributed by atoms with van der Waals surface area (Å²) in [6, 6.07) is 20.9. The second kappa shape index (κ2) is 9.78. The molecular weight excluding hydrogens is 460 g/mol. The van der Waals surface area contributed by atoms with Gasteiger partial charge < -0.3 is 19.6 Å². The van der Waals surface area contributed by atoms with E-state index in [4.69, 9.17) is 20.8 Å². The predicted octanol–water partition coefficient (Wildman–Crippen LogP) is 5.85. The van der Waals surface area contributed by atoms with Crippen LogP contribution in [0.15, 0.2) is 83.3 Å². The largest absolute Gasteiger partial charge is 0.497 e. The fraction of sp³-hybridized carbons (Fsp3) is 0.0800. The van der Waals surface area contributed by atoms with Crippen LogP contribution in [0.3, 0.4) is 0 Å². The molecule has 0 aliphatic carbocycles. The maximum Gasteiger partial charge on any atom is 0.291 e. The number of methoxy groups -OCH3 is 1. The molecule has 1 amide bonds. The first-order chi connectivity index (χ1) is 16.4. The summed E-state index contributed by atoms with van der Waals surface area (Å²) >= 11 is 6.13. The fourth-order valence-electron chi connectivity index (χ4n) is 3.47. The second-order valence-electron chi connectivity index (χ2n) is 7.30. The minimum absolute atomic E-state index is 0.0600. The number of nitro groups is 1. The van der Waals surface area contributed by atoms with E-state index in [1.54, 1.807) is 48.5 Å². The number of furan rings is 1. The maximum absolute atomic E-state index is 12.9. The molecule has 1 aromatic heterocycles. The molecule has 0 radical (unpaired) electrons. The van der Waals surface area contributed by atoms with Crippen LogP contribution in [-0.4, -0.2) is 23.0 Å². The van der Waals surface area contributed by atoms with Crippen LogP contribution in [0.4, 0.5) is 11.4 Å². The Morgan fingerprint density at radius 3 is 2.56 bits per heavy atom. The zero-order valence-corrected chi connectivity index (χ0v) is 18.7. The second-order valence-corrected chi connectivity index (χ2v) is 7.74. The first-order valence-electron chi connectivity index (χ1n) is 10.1. The molecule has 0 bridgehead atoms. The van der Waals surface area contributed by atoms with Crippen molar-refractivity contribution in [3.8, 4) is 17.1 Å². The predicted molar refractivity (Wildman–Crippen MR) is 127 cm³/mol. The number of rotatable bonds is 7. The maximum atomic E-state index is 12.9. The molecule has 0 saturated carbocycles. The number of nitrogens with one attached hydrogen (secondary N) is 1. The van der Waals surface area contributed by atoms with Gasteiger partial charge in [0.15, 0.2) is 5.76 Å². The van der Waals surface area contributed by atoms with Gasteiger partial charge in [-0.25, -0.2) is 0 Å². The molecule has 0 unspecified atom stereocenters. The van der Waals surface area contributed by atoms with Gasteiger partial charge in [0.1, 0.15) is 17.6 Å². The molecule has 3 aromatic carbocycles. The first-order valence-corrected chi connectivity index (χ1v) is 10.5. The smallest absolute Gasteiger partial charge is 0.291 e. The SMILES string of the molecule is COc1ccc(-c2ccc(C(=O)Nc3ccc(Cl)cc3[C@@H](O)c3ccccc3)o2)c([N+](=O)[O-])c1. The average molecular weight is 479 g/mol. The third-order valence-corrected chi connectivity index (χ3v) is 5.40. The van der Waals surface area contributed by atoms with Crippen LogP contribution in [0, 0.1) is 10.1 Å². The number of hydrogen-bond acceptors (Lipinski definition) is 6. The minimum atomic E-state index is -1.02. The summed E-state index contributed by atoms with van der Waals surface area (Å²) in [6.45, 7) is 0. The van der Waals surface area contributed by atoms with Crippen molar-refractivity contribution < 1.29 is 24.0 Å². The van der Waals surface area contributed by atoms with Crippen LogP contribution in [-0.2, 0) is 0 Å². The zero-order chi connectivity index (χ0) is 24.2. The quantitative estimate of drug-likeness (QED) is 0.254. The minimum Gasteiger partial charge on any atom is -0.497 e. The molecule has 0 aliphatic heterocycles. The number of nitro benzene ring substituents is 1. The van der Waals surface area contributed by atoms with E-state index in [1.165, 1.54) is 31.4 Å². The summed E-state index contributed by atoms with van der Waals surface area (Å²) < 4.78 is 10.7. The van der Waals surface area contributed by atoms with Gasteiger partial charge in [0.2, 0.25) is 0 Å². The Kier molecular flexibility index (Phi) is 6.62. The van der Waals surface area contributed by atoms with Crippen LogP contribution >= 0.6 is 11.6 Å². The van der Waals surface area contributed by atoms with E-state index < -0.39 is 16.9 Å². The van der Waals surface area contributed by atoms with Gasteiger partial charge in [-0.05, 0) is 48.0 Å². The van der Waals surface area contributed by atoms with E-state index in [-0.39, 0.29) is 22.8 Å². The van der Waals surface area contributed by atoms with Gasteiger partial charge in [0, 0.05) is 16.3 Å². The Bertz CT molecular complexity index is 1350. The van der Waals surface area contributed by atoms with Crippen LogP contribution in [0.2, 0.25) is 5.02 Å². The van der Waals surface area contributed by atoms with Crippen molar-refractivity contribution in [3.63, 3.8) is 0 Å². The molecule has 9 heteroatoms. The van der Waals surface area contributed by atoms with E-state index in [1.807, 2.05) is 6.07 Å². The Balaban J connectivity index is 1.62. The molecule has 1 atom stereocenters. The van der Waals surface area contributed by atoms with Gasteiger partial charge in [-0.3, -0.25) is 14.9 Å². The number of carbonyl (C=O) groups is 1.